The fourth-order valence-corrected chi connectivity index (χ4v) is 3.63. The summed E-state index contributed by atoms with van der Waals surface area (Å²) in [6, 6.07) is 2.41. The minimum Gasteiger partial charge on any atom is -0.493 e. The van der Waals surface area contributed by atoms with E-state index in [4.69, 9.17) is 9.47 Å². The van der Waals surface area contributed by atoms with Crippen LogP contribution in [0.4, 0.5) is 0 Å². The van der Waals surface area contributed by atoms with E-state index in [1.165, 1.54) is 11.1 Å². The number of carbonyl (C=O) groups is 1. The summed E-state index contributed by atoms with van der Waals surface area (Å²) in [6.07, 6.45) is 2.49. The Balaban J connectivity index is 2.25. The van der Waals surface area contributed by atoms with Crippen LogP contribution in [0.3, 0.4) is 0 Å². The van der Waals surface area contributed by atoms with E-state index in [9.17, 15) is 4.79 Å². The molecule has 4 heteroatoms. The van der Waals surface area contributed by atoms with Gasteiger partial charge in [0.05, 0.1) is 19.8 Å². The second-order valence-electron chi connectivity index (χ2n) is 5.42. The Morgan fingerprint density at radius 1 is 1.30 bits per heavy atom. The van der Waals surface area contributed by atoms with Crippen LogP contribution in [0, 0.1) is 0 Å². The van der Waals surface area contributed by atoms with Gasteiger partial charge in [0, 0.05) is 19.0 Å². The molecule has 1 aromatic carbocycles. The second kappa shape index (κ2) is 5.09. The Morgan fingerprint density at radius 2 is 2.10 bits per heavy atom. The molecule has 2 aliphatic rings. The maximum atomic E-state index is 12.4. The lowest BCUT2D eigenvalue weighted by Gasteiger charge is -2.40. The average Bonchev–Trinajstić information content (AvgIpc) is 2.49. The fourth-order valence-electron chi connectivity index (χ4n) is 3.63. The fraction of sp³-hybridized carbons (Fsp3) is 0.562. The van der Waals surface area contributed by atoms with Crippen LogP contribution >= 0.6 is 0 Å². The normalized spacial score (nSPS) is 21.6. The molecule has 108 valence electrons. The van der Waals surface area contributed by atoms with Crippen LogP contribution in [-0.2, 0) is 6.42 Å². The van der Waals surface area contributed by atoms with Crippen LogP contribution < -0.4 is 9.47 Å². The van der Waals surface area contributed by atoms with Gasteiger partial charge in [-0.2, -0.15) is 0 Å². The molecule has 0 spiro atoms. The quantitative estimate of drug-likeness (QED) is 0.850. The summed E-state index contributed by atoms with van der Waals surface area (Å²) >= 11 is 0. The lowest BCUT2D eigenvalue weighted by molar-refractivity contribution is 0.0917. The first-order chi connectivity index (χ1) is 9.71. The van der Waals surface area contributed by atoms with Crippen molar-refractivity contribution in [1.82, 2.24) is 4.90 Å². The van der Waals surface area contributed by atoms with Gasteiger partial charge in [-0.1, -0.05) is 6.92 Å². The smallest absolute Gasteiger partial charge is 0.171 e. The van der Waals surface area contributed by atoms with Crippen LogP contribution in [0.15, 0.2) is 6.07 Å². The first-order valence-electron chi connectivity index (χ1n) is 7.26. The highest BCUT2D eigenvalue weighted by atomic mass is 16.5. The van der Waals surface area contributed by atoms with Gasteiger partial charge in [-0.25, -0.2) is 0 Å². The SMILES string of the molecule is CCN1CCc2cc(OC)c(OC)c3c2C1CCC3=O. The third-order valence-corrected chi connectivity index (χ3v) is 4.57. The molecular formula is C16H21NO3. The van der Waals surface area contributed by atoms with Crippen molar-refractivity contribution in [3.8, 4) is 11.5 Å². The van der Waals surface area contributed by atoms with Crippen molar-refractivity contribution in [2.45, 2.75) is 32.2 Å². The van der Waals surface area contributed by atoms with E-state index in [1.807, 2.05) is 0 Å². The monoisotopic (exact) mass is 275 g/mol. The van der Waals surface area contributed by atoms with Crippen molar-refractivity contribution in [3.63, 3.8) is 0 Å². The van der Waals surface area contributed by atoms with E-state index >= 15 is 0 Å². The molecule has 1 unspecified atom stereocenters. The highest BCUT2D eigenvalue weighted by Gasteiger charge is 2.37. The number of rotatable bonds is 3. The molecule has 1 aromatic rings. The highest BCUT2D eigenvalue weighted by Crippen LogP contribution is 2.47. The summed E-state index contributed by atoms with van der Waals surface area (Å²) < 4.78 is 10.9. The largest absolute Gasteiger partial charge is 0.493 e. The van der Waals surface area contributed by atoms with Crippen LogP contribution in [0.2, 0.25) is 0 Å². The molecule has 0 bridgehead atoms. The Kier molecular flexibility index (Phi) is 3.42. The molecule has 3 rings (SSSR count). The van der Waals surface area contributed by atoms with Gasteiger partial charge in [0.15, 0.2) is 17.3 Å². The molecule has 1 atom stereocenters. The maximum absolute atomic E-state index is 12.4. The third kappa shape index (κ3) is 1.82. The molecule has 1 aliphatic heterocycles. The number of likely N-dealkylation sites (N-methyl/N-ethyl adjacent to an activating group) is 1. The molecule has 20 heavy (non-hydrogen) atoms. The molecule has 1 aliphatic carbocycles. The van der Waals surface area contributed by atoms with Crippen LogP contribution in [0.25, 0.3) is 0 Å². The Labute approximate surface area is 119 Å². The second-order valence-corrected chi connectivity index (χ2v) is 5.42. The Morgan fingerprint density at radius 3 is 2.75 bits per heavy atom. The molecule has 0 N–H and O–H groups in total. The number of hydrogen-bond donors (Lipinski definition) is 0. The maximum Gasteiger partial charge on any atom is 0.171 e. The number of nitrogens with zero attached hydrogens (tertiary/aromatic N) is 1. The number of benzene rings is 1. The van der Waals surface area contributed by atoms with Crippen LogP contribution in [0.1, 0.15) is 47.3 Å². The minimum atomic E-state index is 0.186. The number of hydrogen-bond acceptors (Lipinski definition) is 4. The first kappa shape index (κ1) is 13.4. The zero-order chi connectivity index (χ0) is 14.3. The lowest BCUT2D eigenvalue weighted by atomic mass is 9.79. The summed E-state index contributed by atoms with van der Waals surface area (Å²) in [5.74, 6) is 1.48. The van der Waals surface area contributed by atoms with Crippen molar-refractivity contribution < 1.29 is 14.3 Å². The molecule has 0 saturated heterocycles. The van der Waals surface area contributed by atoms with Crippen molar-refractivity contribution >= 4 is 5.78 Å². The Bertz CT molecular complexity index is 553. The van der Waals surface area contributed by atoms with Gasteiger partial charge in [-0.05, 0) is 36.6 Å². The summed E-state index contributed by atoms with van der Waals surface area (Å²) in [7, 11) is 3.24. The van der Waals surface area contributed by atoms with Gasteiger partial charge in [-0.3, -0.25) is 9.69 Å². The zero-order valence-electron chi connectivity index (χ0n) is 12.4. The highest BCUT2D eigenvalue weighted by molar-refractivity contribution is 6.02. The van der Waals surface area contributed by atoms with Crippen molar-refractivity contribution in [2.75, 3.05) is 27.3 Å². The summed E-state index contributed by atoms with van der Waals surface area (Å²) in [5.41, 5.74) is 3.20. The number of Topliss-reactive ketones (excluding diaryl/α,β-unsaturated/α-hetero) is 1. The van der Waals surface area contributed by atoms with Crippen LogP contribution in [-0.4, -0.2) is 38.0 Å². The third-order valence-electron chi connectivity index (χ3n) is 4.57. The van der Waals surface area contributed by atoms with E-state index in [1.54, 1.807) is 14.2 Å². The van der Waals surface area contributed by atoms with Gasteiger partial charge < -0.3 is 9.47 Å². The average molecular weight is 275 g/mol. The van der Waals surface area contributed by atoms with E-state index in [0.29, 0.717) is 24.0 Å². The molecular weight excluding hydrogens is 254 g/mol. The Hall–Kier alpha value is -1.55. The van der Waals surface area contributed by atoms with E-state index < -0.39 is 0 Å². The van der Waals surface area contributed by atoms with Gasteiger partial charge in [0.1, 0.15) is 0 Å². The van der Waals surface area contributed by atoms with Crippen molar-refractivity contribution in [1.29, 1.82) is 0 Å². The molecule has 0 saturated carbocycles. The van der Waals surface area contributed by atoms with Crippen molar-refractivity contribution in [3.05, 3.63) is 22.8 Å². The van der Waals surface area contributed by atoms with Gasteiger partial charge in [-0.15, -0.1) is 0 Å². The number of carbonyl (C=O) groups excluding carboxylic acids is 1. The molecule has 4 nitrogen and oxygen atoms in total. The first-order valence-corrected chi connectivity index (χ1v) is 7.26. The predicted octanol–water partition coefficient (Wildman–Crippen LogP) is 2.60. The van der Waals surface area contributed by atoms with Crippen molar-refractivity contribution in [2.24, 2.45) is 0 Å². The topological polar surface area (TPSA) is 38.8 Å². The number of ketones is 1. The zero-order valence-corrected chi connectivity index (χ0v) is 12.4. The summed E-state index contributed by atoms with van der Waals surface area (Å²) in [5, 5.41) is 0. The minimum absolute atomic E-state index is 0.186. The number of ether oxygens (including phenoxy) is 2. The summed E-state index contributed by atoms with van der Waals surface area (Å²) in [4.78, 5) is 14.9. The van der Waals surface area contributed by atoms with E-state index in [0.717, 1.165) is 31.5 Å². The van der Waals surface area contributed by atoms with E-state index in [-0.39, 0.29) is 5.78 Å². The summed E-state index contributed by atoms with van der Waals surface area (Å²) in [6.45, 7) is 4.26. The van der Waals surface area contributed by atoms with Crippen LogP contribution in [0.5, 0.6) is 11.5 Å². The molecule has 1 heterocycles. The molecule has 0 aromatic heterocycles. The standard InChI is InChI=1S/C16H21NO3/c1-4-17-8-7-10-9-13(19-2)16(20-3)15-12(18)6-5-11(17)14(10)15/h9,11H,4-8H2,1-3H3. The molecule has 0 fully saturated rings. The molecule has 0 amide bonds. The predicted molar refractivity (Wildman–Crippen MR) is 76.8 cm³/mol. The van der Waals surface area contributed by atoms with Gasteiger partial charge in [0.25, 0.3) is 0 Å². The lowest BCUT2D eigenvalue weighted by Crippen LogP contribution is -2.38. The number of methoxy groups -OCH3 is 2. The molecule has 0 radical (unpaired) electrons. The van der Waals surface area contributed by atoms with Gasteiger partial charge in [0.2, 0.25) is 0 Å². The van der Waals surface area contributed by atoms with E-state index in [2.05, 4.69) is 17.9 Å². The van der Waals surface area contributed by atoms with Gasteiger partial charge >= 0.3 is 0 Å².